The molecule has 0 bridgehead atoms. The first-order valence-corrected chi connectivity index (χ1v) is 9.94. The van der Waals surface area contributed by atoms with Crippen LogP contribution in [0.5, 0.6) is 0 Å². The number of carbonyl (C=O) groups is 1. The summed E-state index contributed by atoms with van der Waals surface area (Å²) in [5, 5.41) is 10.4. The first kappa shape index (κ1) is 20.2. The molecule has 1 amide bonds. The van der Waals surface area contributed by atoms with Crippen molar-refractivity contribution < 1.29 is 17.6 Å². The van der Waals surface area contributed by atoms with E-state index in [4.69, 9.17) is 0 Å². The van der Waals surface area contributed by atoms with E-state index in [1.165, 1.54) is 12.1 Å². The average Bonchev–Trinajstić information content (AvgIpc) is 2.69. The minimum absolute atomic E-state index is 0.0757. The number of hydrogen-bond acceptors (Lipinski definition) is 6. The van der Waals surface area contributed by atoms with E-state index in [0.29, 0.717) is 5.82 Å². The standard InChI is InChI=1S/C19H18FN5O3S/c1-25(2)18-12-11-17(22-23-18)19(26)21-15-5-3-4-6-16(15)24-29(27,28)14-9-7-13(20)8-10-14/h3-12,24H,1-2H3,(H,21,26). The minimum Gasteiger partial charge on any atom is -0.361 e. The summed E-state index contributed by atoms with van der Waals surface area (Å²) in [5.41, 5.74) is 0.469. The van der Waals surface area contributed by atoms with E-state index in [2.05, 4.69) is 20.2 Å². The molecule has 3 aromatic rings. The molecule has 0 aliphatic carbocycles. The molecule has 0 fully saturated rings. The molecular formula is C19H18FN5O3S. The van der Waals surface area contributed by atoms with Gasteiger partial charge in [0.05, 0.1) is 16.3 Å². The summed E-state index contributed by atoms with van der Waals surface area (Å²) in [7, 11) is -0.372. The summed E-state index contributed by atoms with van der Waals surface area (Å²) in [6, 6.07) is 13.9. The van der Waals surface area contributed by atoms with E-state index in [0.717, 1.165) is 24.3 Å². The van der Waals surface area contributed by atoms with E-state index in [1.807, 2.05) is 0 Å². The molecule has 0 aliphatic heterocycles. The summed E-state index contributed by atoms with van der Waals surface area (Å²) in [5.74, 6) is -0.497. The van der Waals surface area contributed by atoms with E-state index in [1.54, 1.807) is 43.3 Å². The van der Waals surface area contributed by atoms with Crippen molar-refractivity contribution in [2.24, 2.45) is 0 Å². The molecule has 2 aromatic carbocycles. The van der Waals surface area contributed by atoms with Gasteiger partial charge in [0.1, 0.15) is 5.82 Å². The minimum atomic E-state index is -3.97. The maximum Gasteiger partial charge on any atom is 0.276 e. The third-order valence-corrected chi connectivity index (χ3v) is 5.27. The van der Waals surface area contributed by atoms with Gasteiger partial charge in [-0.2, -0.15) is 0 Å². The lowest BCUT2D eigenvalue weighted by Crippen LogP contribution is -2.19. The van der Waals surface area contributed by atoms with E-state index < -0.39 is 21.7 Å². The molecule has 0 unspecified atom stereocenters. The molecule has 3 rings (SSSR count). The predicted molar refractivity (Wildman–Crippen MR) is 108 cm³/mol. The van der Waals surface area contributed by atoms with Crippen LogP contribution in [0.15, 0.2) is 65.6 Å². The quantitative estimate of drug-likeness (QED) is 0.642. The Bertz CT molecular complexity index is 1120. The third kappa shape index (κ3) is 4.85. The van der Waals surface area contributed by atoms with Crippen LogP contribution >= 0.6 is 0 Å². The molecule has 0 spiro atoms. The summed E-state index contributed by atoms with van der Waals surface area (Å²) in [6.07, 6.45) is 0. The fraction of sp³-hybridized carbons (Fsp3) is 0.105. The van der Waals surface area contributed by atoms with Gasteiger partial charge in [-0.25, -0.2) is 12.8 Å². The number of nitrogens with zero attached hydrogens (tertiary/aromatic N) is 3. The first-order chi connectivity index (χ1) is 13.8. The summed E-state index contributed by atoms with van der Waals surface area (Å²) >= 11 is 0. The largest absolute Gasteiger partial charge is 0.361 e. The van der Waals surface area contributed by atoms with Gasteiger partial charge in [-0.15, -0.1) is 10.2 Å². The second-order valence-electron chi connectivity index (χ2n) is 6.23. The summed E-state index contributed by atoms with van der Waals surface area (Å²) < 4.78 is 40.6. The van der Waals surface area contributed by atoms with Crippen molar-refractivity contribution in [1.29, 1.82) is 0 Å². The topological polar surface area (TPSA) is 104 Å². The number of carbonyl (C=O) groups excluding carboxylic acids is 1. The normalized spacial score (nSPS) is 11.0. The molecule has 1 heterocycles. The molecule has 0 atom stereocenters. The Balaban J connectivity index is 1.81. The van der Waals surface area contributed by atoms with Crippen molar-refractivity contribution >= 4 is 33.1 Å². The molecule has 29 heavy (non-hydrogen) atoms. The Labute approximate surface area is 167 Å². The van der Waals surface area contributed by atoms with Crippen LogP contribution in [0.3, 0.4) is 0 Å². The maximum absolute atomic E-state index is 13.1. The van der Waals surface area contributed by atoms with Crippen LogP contribution in [0, 0.1) is 5.82 Å². The highest BCUT2D eigenvalue weighted by molar-refractivity contribution is 7.92. The zero-order valence-corrected chi connectivity index (χ0v) is 16.4. The zero-order valence-electron chi connectivity index (χ0n) is 15.6. The van der Waals surface area contributed by atoms with Crippen LogP contribution < -0.4 is 14.9 Å². The molecular weight excluding hydrogens is 397 g/mol. The fourth-order valence-corrected chi connectivity index (χ4v) is 3.45. The van der Waals surface area contributed by atoms with Crippen molar-refractivity contribution in [3.63, 3.8) is 0 Å². The molecule has 150 valence electrons. The zero-order chi connectivity index (χ0) is 21.0. The maximum atomic E-state index is 13.1. The summed E-state index contributed by atoms with van der Waals surface area (Å²) in [6.45, 7) is 0. The second-order valence-corrected chi connectivity index (χ2v) is 7.91. The SMILES string of the molecule is CN(C)c1ccc(C(=O)Nc2ccccc2NS(=O)(=O)c2ccc(F)cc2)nn1. The van der Waals surface area contributed by atoms with Gasteiger partial charge in [-0.3, -0.25) is 9.52 Å². The lowest BCUT2D eigenvalue weighted by molar-refractivity contribution is 0.102. The summed E-state index contributed by atoms with van der Waals surface area (Å²) in [4.78, 5) is 14.1. The lowest BCUT2D eigenvalue weighted by Gasteiger charge is -2.14. The van der Waals surface area contributed by atoms with Gasteiger partial charge in [-0.05, 0) is 48.5 Å². The fourth-order valence-electron chi connectivity index (χ4n) is 2.37. The number of anilines is 3. The highest BCUT2D eigenvalue weighted by Crippen LogP contribution is 2.25. The van der Waals surface area contributed by atoms with Crippen LogP contribution in [-0.4, -0.2) is 38.6 Å². The van der Waals surface area contributed by atoms with E-state index >= 15 is 0 Å². The number of nitrogens with one attached hydrogen (secondary N) is 2. The van der Waals surface area contributed by atoms with Gasteiger partial charge in [0.15, 0.2) is 11.5 Å². The van der Waals surface area contributed by atoms with Crippen LogP contribution in [-0.2, 0) is 10.0 Å². The Morgan fingerprint density at radius 2 is 1.59 bits per heavy atom. The Hall–Kier alpha value is -3.53. The Morgan fingerprint density at radius 1 is 0.931 bits per heavy atom. The van der Waals surface area contributed by atoms with Crippen molar-refractivity contribution in [2.75, 3.05) is 29.0 Å². The van der Waals surface area contributed by atoms with Gasteiger partial charge < -0.3 is 10.2 Å². The van der Waals surface area contributed by atoms with Gasteiger partial charge in [0.2, 0.25) is 0 Å². The van der Waals surface area contributed by atoms with Crippen LogP contribution in [0.2, 0.25) is 0 Å². The molecule has 8 nitrogen and oxygen atoms in total. The van der Waals surface area contributed by atoms with Crippen LogP contribution in [0.25, 0.3) is 0 Å². The number of aromatic nitrogens is 2. The van der Waals surface area contributed by atoms with Gasteiger partial charge in [0.25, 0.3) is 15.9 Å². The molecule has 10 heteroatoms. The van der Waals surface area contributed by atoms with Gasteiger partial charge in [0, 0.05) is 14.1 Å². The van der Waals surface area contributed by atoms with Crippen molar-refractivity contribution in [1.82, 2.24) is 10.2 Å². The highest BCUT2D eigenvalue weighted by atomic mass is 32.2. The number of rotatable bonds is 6. The van der Waals surface area contributed by atoms with Crippen LogP contribution in [0.1, 0.15) is 10.5 Å². The first-order valence-electron chi connectivity index (χ1n) is 8.46. The molecule has 0 radical (unpaired) electrons. The molecule has 2 N–H and O–H groups in total. The van der Waals surface area contributed by atoms with E-state index in [-0.39, 0.29) is 22.0 Å². The second kappa shape index (κ2) is 8.23. The number of halogens is 1. The lowest BCUT2D eigenvalue weighted by atomic mass is 10.2. The number of sulfonamides is 1. The van der Waals surface area contributed by atoms with E-state index in [9.17, 15) is 17.6 Å². The van der Waals surface area contributed by atoms with Crippen molar-refractivity contribution in [3.8, 4) is 0 Å². The van der Waals surface area contributed by atoms with Gasteiger partial charge in [-0.1, -0.05) is 12.1 Å². The van der Waals surface area contributed by atoms with Crippen molar-refractivity contribution in [3.05, 3.63) is 72.2 Å². The Morgan fingerprint density at radius 3 is 2.17 bits per heavy atom. The number of benzene rings is 2. The van der Waals surface area contributed by atoms with Crippen LogP contribution in [0.4, 0.5) is 21.6 Å². The predicted octanol–water partition coefficient (Wildman–Crippen LogP) is 2.73. The smallest absolute Gasteiger partial charge is 0.276 e. The molecule has 0 saturated heterocycles. The highest BCUT2D eigenvalue weighted by Gasteiger charge is 2.18. The third-order valence-electron chi connectivity index (χ3n) is 3.88. The molecule has 1 aromatic heterocycles. The number of amides is 1. The molecule has 0 aliphatic rings. The van der Waals surface area contributed by atoms with Gasteiger partial charge >= 0.3 is 0 Å². The number of para-hydroxylation sites is 2. The van der Waals surface area contributed by atoms with Crippen molar-refractivity contribution in [2.45, 2.75) is 4.90 Å². The Kier molecular flexibility index (Phi) is 5.74. The molecule has 0 saturated carbocycles. The number of hydrogen-bond donors (Lipinski definition) is 2. The monoisotopic (exact) mass is 415 g/mol. The average molecular weight is 415 g/mol.